The fraction of sp³-hybridized carbons (Fsp3) is 0.410. The number of nitrogens with zero attached hydrogens (tertiary/aromatic N) is 3. The minimum absolute atomic E-state index is 0.00711. The monoisotopic (exact) mass is 1390 g/mol. The van der Waals surface area contributed by atoms with Gasteiger partial charge in [0.1, 0.15) is 0 Å². The summed E-state index contributed by atoms with van der Waals surface area (Å²) in [6.07, 6.45) is 0.325. The van der Waals surface area contributed by atoms with Gasteiger partial charge in [-0.15, -0.1) is 0 Å². The number of sulfone groups is 1. The summed E-state index contributed by atoms with van der Waals surface area (Å²) in [5, 5.41) is 3.67. The zero-order valence-electron chi connectivity index (χ0n) is 48.5. The van der Waals surface area contributed by atoms with Gasteiger partial charge < -0.3 is 45.1 Å². The Morgan fingerprint density at radius 1 is 0.460 bits per heavy atom. The molecule has 474 valence electrons. The summed E-state index contributed by atoms with van der Waals surface area (Å²) in [7, 11) is 0.498. The molecule has 87 heavy (non-hydrogen) atoms. The van der Waals surface area contributed by atoms with Gasteiger partial charge in [0, 0.05) is 124 Å². The van der Waals surface area contributed by atoms with Gasteiger partial charge in [-0.1, -0.05) is 106 Å². The van der Waals surface area contributed by atoms with E-state index in [-0.39, 0.29) is 71.2 Å². The molecule has 0 radical (unpaired) electrons. The van der Waals surface area contributed by atoms with Crippen LogP contribution in [0.2, 0.25) is 30.1 Å². The predicted octanol–water partition coefficient (Wildman–Crippen LogP) is 11.1. The first-order valence-corrected chi connectivity index (χ1v) is 35.8. The number of rotatable bonds is 24. The molecule has 0 aromatic heterocycles. The third kappa shape index (κ3) is 20.4. The number of fused-ring (bicyclic) bond motifs is 3. The summed E-state index contributed by atoms with van der Waals surface area (Å²) in [5.74, 6) is 0.0550. The van der Waals surface area contributed by atoms with Crippen molar-refractivity contribution in [3.05, 3.63) is 189 Å². The van der Waals surface area contributed by atoms with Gasteiger partial charge in [0.05, 0.1) is 66.7 Å². The molecular weight excluding hydrogens is 1320 g/mol. The number of nitrogens with one attached hydrogen (secondary N) is 1. The van der Waals surface area contributed by atoms with Crippen LogP contribution in [0.3, 0.4) is 0 Å². The molecule has 6 aromatic rings. The van der Waals surface area contributed by atoms with E-state index in [1.807, 2.05) is 63.6 Å². The lowest BCUT2D eigenvalue weighted by Gasteiger charge is -2.33. The summed E-state index contributed by atoms with van der Waals surface area (Å²) in [4.78, 5) is 7.07. The highest BCUT2D eigenvalue weighted by molar-refractivity contribution is 8.13. The standard InChI is InChI=1S/C39H43Cl4N3O6S2.C16H14Cl3NO2S.C6H16N2O2/c1-45-22-34(32-18-28(40)20-38(42)36(32)24-45)26-4-8-30(9-5-26)53(47,48)17-3-13-51-15-16-52-14-12-44-54(49,50)31-10-6-27(7-11-31)35-23-46(2)25-37-33(35)19-29(41)21-39(37)43;1-20-8-14(10-2-4-12(5-3-10)23(19,21)22)13-6-11(17)7-16(18)15(13)9-20;7-1-3-9-5-6-10-4-2-8/h4-11,18-21,34-35,44H,3,12-17,22-25H2,1-2H3;2-7,14H,8-9H2,1H3;1-8H2. The first-order valence-electron chi connectivity index (χ1n) is 28.1. The minimum Gasteiger partial charge on any atom is -0.379 e. The molecule has 5 N–H and O–H groups in total. The van der Waals surface area contributed by atoms with Crippen LogP contribution < -0.4 is 16.2 Å². The Bertz CT molecular complexity index is 3440. The number of hydrogen-bond donors (Lipinski definition) is 3. The van der Waals surface area contributed by atoms with Crippen LogP contribution in [0.5, 0.6) is 0 Å². The first-order chi connectivity index (χ1) is 41.4. The van der Waals surface area contributed by atoms with Crippen LogP contribution in [0.15, 0.2) is 124 Å². The van der Waals surface area contributed by atoms with Gasteiger partial charge in [-0.3, -0.25) is 0 Å². The normalized spacial score (nSPS) is 17.3. The molecule has 0 aliphatic carbocycles. The van der Waals surface area contributed by atoms with Crippen molar-refractivity contribution in [1.29, 1.82) is 0 Å². The number of hydrogen-bond acceptors (Lipinski definition) is 15. The minimum atomic E-state index is -3.74. The number of likely N-dealkylation sites (N-methyl/N-ethyl adjacent to an activating group) is 3. The molecule has 9 rings (SSSR count). The Balaban J connectivity index is 0.000000267. The lowest BCUT2D eigenvalue weighted by Crippen LogP contribution is -2.31. The SMILES string of the molecule is CN1Cc2c(Cl)cc(Cl)cc2C(c2ccc(S(=O)(=O)CCCOCCOCCNS(=O)(=O)c3ccc(C4CN(C)Cc5c(Cl)cc(Cl)cc54)cc3)cc2)C1.CN1Cc2c(Cl)cc(Cl)cc2C(c2ccc(S(=O)(=O)Cl)cc2)C1.NCCOCCOCCN. The molecule has 16 nitrogen and oxygen atoms in total. The fourth-order valence-corrected chi connectivity index (χ4v) is 15.4. The van der Waals surface area contributed by atoms with Crippen molar-refractivity contribution < 1.29 is 44.2 Å². The Labute approximate surface area is 546 Å². The van der Waals surface area contributed by atoms with E-state index in [0.29, 0.717) is 76.1 Å². The summed E-state index contributed by atoms with van der Waals surface area (Å²) in [6.45, 7) is 9.07. The van der Waals surface area contributed by atoms with Gasteiger partial charge in [0.2, 0.25) is 10.0 Å². The number of benzene rings is 6. The zero-order chi connectivity index (χ0) is 63.1. The molecule has 3 aliphatic rings. The molecule has 0 saturated heterocycles. The second-order valence-corrected chi connectivity index (χ2v) is 30.3. The highest BCUT2D eigenvalue weighted by Crippen LogP contribution is 2.42. The smallest absolute Gasteiger partial charge is 0.261 e. The summed E-state index contributed by atoms with van der Waals surface area (Å²) >= 11 is 38.1. The molecule has 3 aliphatic heterocycles. The number of halogens is 7. The van der Waals surface area contributed by atoms with E-state index in [0.717, 1.165) is 89.3 Å². The fourth-order valence-electron chi connectivity index (χ4n) is 10.7. The molecular formula is C61H73Cl7N6O10S3. The van der Waals surface area contributed by atoms with Crippen molar-refractivity contribution in [3.8, 4) is 0 Å². The predicted molar refractivity (Wildman–Crippen MR) is 350 cm³/mol. The van der Waals surface area contributed by atoms with Crippen LogP contribution >= 0.6 is 80.3 Å². The topological polar surface area (TPSA) is 213 Å². The maximum atomic E-state index is 13.0. The van der Waals surface area contributed by atoms with Crippen molar-refractivity contribution in [2.75, 3.05) is 119 Å². The molecule has 3 unspecified atom stereocenters. The zero-order valence-corrected chi connectivity index (χ0v) is 56.2. The molecule has 6 aromatic carbocycles. The molecule has 0 saturated carbocycles. The van der Waals surface area contributed by atoms with Crippen molar-refractivity contribution in [3.63, 3.8) is 0 Å². The number of sulfonamides is 1. The van der Waals surface area contributed by atoms with Gasteiger partial charge in [0.15, 0.2) is 9.84 Å². The lowest BCUT2D eigenvalue weighted by atomic mass is 9.85. The molecule has 3 heterocycles. The second kappa shape index (κ2) is 33.4. The Hall–Kier alpha value is -3.20. The quantitative estimate of drug-likeness (QED) is 0.0380. The van der Waals surface area contributed by atoms with Crippen molar-refractivity contribution in [2.45, 2.75) is 58.5 Å². The van der Waals surface area contributed by atoms with E-state index in [9.17, 15) is 25.3 Å². The molecule has 3 atom stereocenters. The van der Waals surface area contributed by atoms with Gasteiger partial charge in [-0.2, -0.15) is 0 Å². The highest BCUT2D eigenvalue weighted by Gasteiger charge is 2.31. The summed E-state index contributed by atoms with van der Waals surface area (Å²) in [5.41, 5.74) is 19.7. The highest BCUT2D eigenvalue weighted by atomic mass is 35.7. The Morgan fingerprint density at radius 3 is 1.15 bits per heavy atom. The summed E-state index contributed by atoms with van der Waals surface area (Å²) < 4.78 is 98.4. The number of ether oxygens (including phenoxy) is 4. The molecule has 0 spiro atoms. The third-order valence-corrected chi connectivity index (χ3v) is 21.1. The van der Waals surface area contributed by atoms with E-state index >= 15 is 0 Å². The van der Waals surface area contributed by atoms with Crippen LogP contribution in [-0.2, 0) is 67.5 Å². The van der Waals surface area contributed by atoms with Crippen molar-refractivity contribution in [1.82, 2.24) is 19.4 Å². The second-order valence-electron chi connectivity index (χ2n) is 21.4. The average molecular weight is 1390 g/mol. The first kappa shape index (κ1) is 71.2. The van der Waals surface area contributed by atoms with E-state index in [4.69, 9.17) is 111 Å². The van der Waals surface area contributed by atoms with E-state index < -0.39 is 28.9 Å². The van der Waals surface area contributed by atoms with Crippen LogP contribution in [-0.4, -0.2) is 159 Å². The van der Waals surface area contributed by atoms with E-state index in [2.05, 4.69) is 19.4 Å². The lowest BCUT2D eigenvalue weighted by molar-refractivity contribution is 0.0504. The maximum Gasteiger partial charge on any atom is 0.261 e. The molecule has 0 bridgehead atoms. The van der Waals surface area contributed by atoms with Crippen molar-refractivity contribution in [2.24, 2.45) is 11.5 Å². The summed E-state index contributed by atoms with van der Waals surface area (Å²) in [6, 6.07) is 31.6. The van der Waals surface area contributed by atoms with Crippen LogP contribution in [0, 0.1) is 0 Å². The third-order valence-electron chi connectivity index (χ3n) is 14.8. The average Bonchev–Trinajstić information content (AvgIpc) is 1.01. The van der Waals surface area contributed by atoms with Gasteiger partial charge in [-0.05, 0) is 150 Å². The van der Waals surface area contributed by atoms with Crippen LogP contribution in [0.1, 0.15) is 74.2 Å². The van der Waals surface area contributed by atoms with Gasteiger partial charge >= 0.3 is 0 Å². The van der Waals surface area contributed by atoms with Gasteiger partial charge in [0.25, 0.3) is 9.05 Å². The van der Waals surface area contributed by atoms with E-state index in [1.54, 1.807) is 54.6 Å². The Morgan fingerprint density at radius 2 is 0.793 bits per heavy atom. The molecule has 0 amide bonds. The maximum absolute atomic E-state index is 13.0. The number of nitrogens with two attached hydrogens (primary N) is 2. The van der Waals surface area contributed by atoms with Crippen LogP contribution in [0.25, 0.3) is 0 Å². The van der Waals surface area contributed by atoms with Crippen molar-refractivity contribution >= 4 is 109 Å². The Kier molecular flexibility index (Phi) is 27.3. The molecule has 0 fully saturated rings. The van der Waals surface area contributed by atoms with Crippen LogP contribution in [0.4, 0.5) is 0 Å². The largest absolute Gasteiger partial charge is 0.379 e. The molecule has 26 heteroatoms. The van der Waals surface area contributed by atoms with Gasteiger partial charge in [-0.25, -0.2) is 30.0 Å². The van der Waals surface area contributed by atoms with E-state index in [1.165, 1.54) is 12.1 Å².